The van der Waals surface area contributed by atoms with Crippen LogP contribution in [0.2, 0.25) is 0 Å². The van der Waals surface area contributed by atoms with E-state index in [-0.39, 0.29) is 0 Å². The molecule has 0 radical (unpaired) electrons. The molecule has 0 aromatic carbocycles. The molecule has 0 aliphatic carbocycles. The van der Waals surface area contributed by atoms with Crippen LogP contribution in [0.3, 0.4) is 0 Å². The van der Waals surface area contributed by atoms with Gasteiger partial charge in [0.05, 0.1) is 32.2 Å². The summed E-state index contributed by atoms with van der Waals surface area (Å²) >= 11 is 0. The van der Waals surface area contributed by atoms with E-state index in [1.807, 2.05) is 0 Å². The molecule has 6 nitrogen and oxygen atoms in total. The highest BCUT2D eigenvalue weighted by Crippen LogP contribution is 2.48. The van der Waals surface area contributed by atoms with E-state index in [4.69, 9.17) is 13.6 Å². The molecule has 1 heterocycles. The van der Waals surface area contributed by atoms with Crippen molar-refractivity contribution in [2.75, 3.05) is 39.5 Å². The maximum atomic E-state index is 11.3. The average molecular weight is 294 g/mol. The number of phosphoric acid groups is 1. The summed E-state index contributed by atoms with van der Waals surface area (Å²) in [6.07, 6.45) is 0. The molecule has 1 rings (SSSR count). The van der Waals surface area contributed by atoms with Gasteiger partial charge in [-0.1, -0.05) is 0 Å². The standard InChI is InChI=1S/C6H12N2.C6H15O4P/c1-3-8-5-4-7-6(8)2;1-4-8-11(7,9-5-2)10-6-3/h3-5H2,1-2H3;4-6H2,1-3H3. The van der Waals surface area contributed by atoms with Crippen LogP contribution in [-0.4, -0.2) is 50.2 Å². The van der Waals surface area contributed by atoms with Crippen LogP contribution in [0.15, 0.2) is 4.99 Å². The minimum Gasteiger partial charge on any atom is -0.359 e. The molecule has 0 saturated heterocycles. The van der Waals surface area contributed by atoms with Crippen LogP contribution in [0, 0.1) is 0 Å². The van der Waals surface area contributed by atoms with E-state index in [1.165, 1.54) is 5.84 Å². The van der Waals surface area contributed by atoms with E-state index in [2.05, 4.69) is 23.7 Å². The first-order valence-corrected chi connectivity index (χ1v) is 8.28. The van der Waals surface area contributed by atoms with E-state index >= 15 is 0 Å². The molecule has 19 heavy (non-hydrogen) atoms. The molecule has 1 aliphatic rings. The quantitative estimate of drug-likeness (QED) is 0.676. The van der Waals surface area contributed by atoms with E-state index in [1.54, 1.807) is 20.8 Å². The van der Waals surface area contributed by atoms with Crippen LogP contribution in [0.4, 0.5) is 0 Å². The van der Waals surface area contributed by atoms with Crippen molar-refractivity contribution < 1.29 is 18.1 Å². The van der Waals surface area contributed by atoms with E-state index in [0.717, 1.165) is 19.6 Å². The van der Waals surface area contributed by atoms with Crippen molar-refractivity contribution >= 4 is 13.7 Å². The second-order valence-corrected chi connectivity index (χ2v) is 5.38. The van der Waals surface area contributed by atoms with Gasteiger partial charge in [0, 0.05) is 13.1 Å². The summed E-state index contributed by atoms with van der Waals surface area (Å²) in [6.45, 7) is 13.7. The highest BCUT2D eigenvalue weighted by Gasteiger charge is 2.23. The van der Waals surface area contributed by atoms with Gasteiger partial charge in [0.1, 0.15) is 0 Å². The predicted molar refractivity (Wildman–Crippen MR) is 77.7 cm³/mol. The number of nitrogens with zero attached hydrogens (tertiary/aromatic N) is 2. The second kappa shape index (κ2) is 10.4. The lowest BCUT2D eigenvalue weighted by molar-refractivity contribution is 0.126. The summed E-state index contributed by atoms with van der Waals surface area (Å²) in [7, 11) is -3.22. The van der Waals surface area contributed by atoms with Crippen molar-refractivity contribution in [1.29, 1.82) is 0 Å². The van der Waals surface area contributed by atoms with Gasteiger partial charge in [0.2, 0.25) is 0 Å². The number of hydrogen-bond donors (Lipinski definition) is 0. The third-order valence-electron chi connectivity index (χ3n) is 2.41. The Hall–Kier alpha value is -0.420. The summed E-state index contributed by atoms with van der Waals surface area (Å²) in [4.78, 5) is 6.51. The number of likely N-dealkylation sites (N-methyl/N-ethyl adjacent to an activating group) is 1. The van der Waals surface area contributed by atoms with Crippen LogP contribution in [0.5, 0.6) is 0 Å². The highest BCUT2D eigenvalue weighted by atomic mass is 31.2. The van der Waals surface area contributed by atoms with Gasteiger partial charge in [0.25, 0.3) is 0 Å². The first-order valence-electron chi connectivity index (χ1n) is 6.82. The molecule has 0 spiro atoms. The monoisotopic (exact) mass is 294 g/mol. The van der Waals surface area contributed by atoms with Crippen molar-refractivity contribution in [2.45, 2.75) is 34.6 Å². The van der Waals surface area contributed by atoms with Crippen LogP contribution in [-0.2, 0) is 18.1 Å². The first kappa shape index (κ1) is 18.6. The lowest BCUT2D eigenvalue weighted by atomic mass is 10.5. The molecular formula is C12H27N2O4P. The Labute approximate surface area is 116 Å². The molecule has 1 aliphatic heterocycles. The van der Waals surface area contributed by atoms with Gasteiger partial charge in [-0.2, -0.15) is 0 Å². The highest BCUT2D eigenvalue weighted by molar-refractivity contribution is 7.48. The summed E-state index contributed by atoms with van der Waals surface area (Å²) in [6, 6.07) is 0. The van der Waals surface area contributed by atoms with Crippen molar-refractivity contribution in [1.82, 2.24) is 4.90 Å². The van der Waals surface area contributed by atoms with Gasteiger partial charge in [-0.05, 0) is 34.6 Å². The molecule has 7 heteroatoms. The van der Waals surface area contributed by atoms with Gasteiger partial charge in [-0.3, -0.25) is 18.6 Å². The van der Waals surface area contributed by atoms with Crippen molar-refractivity contribution in [3.05, 3.63) is 0 Å². The Morgan fingerprint density at radius 2 is 1.58 bits per heavy atom. The van der Waals surface area contributed by atoms with E-state index < -0.39 is 7.82 Å². The van der Waals surface area contributed by atoms with Crippen LogP contribution >= 0.6 is 7.82 Å². The summed E-state index contributed by atoms with van der Waals surface area (Å²) in [5.41, 5.74) is 0. The third kappa shape index (κ3) is 7.67. The van der Waals surface area contributed by atoms with Gasteiger partial charge in [0.15, 0.2) is 0 Å². The van der Waals surface area contributed by atoms with Crippen LogP contribution < -0.4 is 0 Å². The molecule has 0 saturated carbocycles. The fourth-order valence-corrected chi connectivity index (χ4v) is 2.74. The fraction of sp³-hybridized carbons (Fsp3) is 0.917. The molecule has 0 aromatic rings. The van der Waals surface area contributed by atoms with Crippen LogP contribution in [0.25, 0.3) is 0 Å². The molecule has 0 bridgehead atoms. The smallest absolute Gasteiger partial charge is 0.359 e. The van der Waals surface area contributed by atoms with Crippen molar-refractivity contribution in [3.63, 3.8) is 0 Å². The lowest BCUT2D eigenvalue weighted by Gasteiger charge is -2.14. The molecular weight excluding hydrogens is 267 g/mol. The lowest BCUT2D eigenvalue weighted by Crippen LogP contribution is -2.24. The van der Waals surface area contributed by atoms with Gasteiger partial charge < -0.3 is 4.90 Å². The largest absolute Gasteiger partial charge is 0.474 e. The number of rotatable bonds is 7. The first-order chi connectivity index (χ1) is 9.02. The van der Waals surface area contributed by atoms with Gasteiger partial charge in [-0.15, -0.1) is 0 Å². The van der Waals surface area contributed by atoms with Crippen LogP contribution in [0.1, 0.15) is 34.6 Å². The Bertz CT molecular complexity index is 286. The summed E-state index contributed by atoms with van der Waals surface area (Å²) < 4.78 is 25.8. The molecule has 114 valence electrons. The van der Waals surface area contributed by atoms with Crippen molar-refractivity contribution in [2.24, 2.45) is 4.99 Å². The second-order valence-electron chi connectivity index (χ2n) is 3.71. The summed E-state index contributed by atoms with van der Waals surface area (Å²) in [5.74, 6) is 1.20. The number of amidine groups is 1. The molecule has 0 N–H and O–H groups in total. The molecule has 0 unspecified atom stereocenters. The maximum Gasteiger partial charge on any atom is 0.474 e. The number of phosphoric ester groups is 1. The minimum atomic E-state index is -3.22. The zero-order chi connectivity index (χ0) is 14.7. The Balaban J connectivity index is 0.000000356. The zero-order valence-corrected chi connectivity index (χ0v) is 13.6. The predicted octanol–water partition coefficient (Wildman–Crippen LogP) is 2.94. The third-order valence-corrected chi connectivity index (χ3v) is 4.13. The van der Waals surface area contributed by atoms with E-state index in [9.17, 15) is 4.57 Å². The Kier molecular flexibility index (Phi) is 10.1. The Morgan fingerprint density at radius 3 is 1.79 bits per heavy atom. The maximum absolute atomic E-state index is 11.3. The number of hydrogen-bond acceptors (Lipinski definition) is 6. The fourth-order valence-electron chi connectivity index (χ4n) is 1.57. The SMILES string of the molecule is CCN1CCN=C1C.CCOP(=O)(OCC)OCC. The molecule has 0 aromatic heterocycles. The topological polar surface area (TPSA) is 60.4 Å². The van der Waals surface area contributed by atoms with Crippen molar-refractivity contribution in [3.8, 4) is 0 Å². The van der Waals surface area contributed by atoms with Gasteiger partial charge >= 0.3 is 7.82 Å². The molecule has 0 amide bonds. The summed E-state index contributed by atoms with van der Waals surface area (Å²) in [5, 5.41) is 0. The normalized spacial score (nSPS) is 15.0. The molecule has 0 atom stereocenters. The van der Waals surface area contributed by atoms with E-state index in [0.29, 0.717) is 19.8 Å². The molecule has 0 fully saturated rings. The number of aliphatic imine (C=N–C) groups is 1. The Morgan fingerprint density at radius 1 is 1.11 bits per heavy atom. The average Bonchev–Trinajstić information content (AvgIpc) is 2.76. The van der Waals surface area contributed by atoms with Gasteiger partial charge in [-0.25, -0.2) is 4.57 Å². The zero-order valence-electron chi connectivity index (χ0n) is 12.7. The minimum absolute atomic E-state index is 0.331.